The molecule has 14 heavy (non-hydrogen) atoms. The van der Waals surface area contributed by atoms with E-state index in [0.717, 1.165) is 0 Å². The number of hydrazine groups is 1. The maximum atomic E-state index is 12.5. The minimum absolute atomic E-state index is 0.117. The molecule has 76 valence electrons. The number of halogens is 1. The molecular weight excluding hydrogens is 183 g/mol. The number of hydrogen-bond acceptors (Lipinski definition) is 3. The number of hydrogen-bond donors (Lipinski definition) is 3. The van der Waals surface area contributed by atoms with Crippen LogP contribution in [0.5, 0.6) is 0 Å². The van der Waals surface area contributed by atoms with E-state index in [9.17, 15) is 4.39 Å². The van der Waals surface area contributed by atoms with Gasteiger partial charge in [-0.2, -0.15) is 0 Å². The van der Waals surface area contributed by atoms with Crippen molar-refractivity contribution in [2.75, 3.05) is 0 Å². The van der Waals surface area contributed by atoms with E-state index in [0.29, 0.717) is 11.2 Å². The fourth-order valence-corrected chi connectivity index (χ4v) is 0.815. The van der Waals surface area contributed by atoms with Crippen LogP contribution in [-0.4, -0.2) is 11.0 Å². The molecule has 0 saturated heterocycles. The van der Waals surface area contributed by atoms with Crippen LogP contribution in [0.1, 0.15) is 6.92 Å². The molecule has 1 aromatic heterocycles. The van der Waals surface area contributed by atoms with E-state index in [2.05, 4.69) is 22.0 Å². The second-order valence-corrected chi connectivity index (χ2v) is 2.88. The molecule has 1 heterocycles. The maximum Gasteiger partial charge on any atom is 0.139 e. The van der Waals surface area contributed by atoms with E-state index in [1.807, 2.05) is 6.92 Å². The fourth-order valence-electron chi connectivity index (χ4n) is 0.815. The van der Waals surface area contributed by atoms with Crippen LogP contribution in [0.4, 0.5) is 4.39 Å². The van der Waals surface area contributed by atoms with Crippen molar-refractivity contribution in [1.29, 1.82) is 0 Å². The topological polar surface area (TPSA) is 66.2 Å². The molecule has 4 N–H and O–H groups in total. The first-order valence-corrected chi connectivity index (χ1v) is 4.17. The van der Waals surface area contributed by atoms with Crippen LogP contribution >= 0.6 is 0 Å². The van der Waals surface area contributed by atoms with Gasteiger partial charge in [-0.3, -0.25) is 11.3 Å². The largest absolute Gasteiger partial charge is 0.344 e. The summed E-state index contributed by atoms with van der Waals surface area (Å²) in [7, 11) is 0. The van der Waals surface area contributed by atoms with Gasteiger partial charge >= 0.3 is 0 Å². The zero-order valence-electron chi connectivity index (χ0n) is 7.92. The van der Waals surface area contributed by atoms with Gasteiger partial charge in [0.1, 0.15) is 11.3 Å². The number of rotatable bonds is 3. The number of nitrogens with one attached hydrogen (secondary N) is 2. The molecule has 0 saturated carbocycles. The summed E-state index contributed by atoms with van der Waals surface area (Å²) in [6, 6.07) is 2.74. The summed E-state index contributed by atoms with van der Waals surface area (Å²) in [4.78, 5) is 6.79. The van der Waals surface area contributed by atoms with Gasteiger partial charge in [-0.05, 0) is 19.1 Å². The highest BCUT2D eigenvalue weighted by Gasteiger charge is 2.00. The molecule has 1 atom stereocenters. The summed E-state index contributed by atoms with van der Waals surface area (Å²) >= 11 is 0. The molecular formula is C9H13FN4. The Morgan fingerprint density at radius 3 is 2.93 bits per heavy atom. The molecule has 0 radical (unpaired) electrons. The molecule has 1 aromatic rings. The lowest BCUT2D eigenvalue weighted by Gasteiger charge is -2.07. The smallest absolute Gasteiger partial charge is 0.139 e. The van der Waals surface area contributed by atoms with Crippen molar-refractivity contribution in [3.05, 3.63) is 41.9 Å². The second kappa shape index (κ2) is 4.69. The summed E-state index contributed by atoms with van der Waals surface area (Å²) in [5.74, 6) is 4.88. The Kier molecular flexibility index (Phi) is 3.55. The van der Waals surface area contributed by atoms with E-state index in [1.54, 1.807) is 0 Å². The van der Waals surface area contributed by atoms with Crippen LogP contribution in [-0.2, 0) is 0 Å². The van der Waals surface area contributed by atoms with Crippen molar-refractivity contribution in [1.82, 2.24) is 10.4 Å². The lowest BCUT2D eigenvalue weighted by Crippen LogP contribution is -2.33. The van der Waals surface area contributed by atoms with Crippen LogP contribution in [0.2, 0.25) is 0 Å². The average molecular weight is 196 g/mol. The first-order chi connectivity index (χ1) is 6.63. The van der Waals surface area contributed by atoms with E-state index in [4.69, 9.17) is 5.84 Å². The summed E-state index contributed by atoms with van der Waals surface area (Å²) in [5.41, 5.74) is 3.63. The van der Waals surface area contributed by atoms with Gasteiger partial charge in [0.25, 0.3) is 0 Å². The van der Waals surface area contributed by atoms with Crippen molar-refractivity contribution >= 4 is 0 Å². The van der Waals surface area contributed by atoms with Gasteiger partial charge in [0.05, 0.1) is 11.7 Å². The fraction of sp³-hybridized carbons (Fsp3) is 0.222. The van der Waals surface area contributed by atoms with Gasteiger partial charge in [-0.1, -0.05) is 6.58 Å². The molecule has 0 spiro atoms. The van der Waals surface area contributed by atoms with E-state index >= 15 is 0 Å². The summed E-state index contributed by atoms with van der Waals surface area (Å²) in [5, 5.41) is 0. The molecule has 0 fully saturated rings. The zero-order chi connectivity index (χ0) is 10.6. The van der Waals surface area contributed by atoms with E-state index in [-0.39, 0.29) is 11.9 Å². The van der Waals surface area contributed by atoms with E-state index < -0.39 is 0 Å². The highest BCUT2D eigenvalue weighted by Crippen LogP contribution is 1.97. The molecule has 0 aliphatic heterocycles. The van der Waals surface area contributed by atoms with Crippen LogP contribution in [0.25, 0.3) is 0 Å². The number of H-pyrrole nitrogens is 1. The number of nitrogens with two attached hydrogens (primary N) is 1. The first kappa shape index (κ1) is 10.6. The average Bonchev–Trinajstić information content (AvgIpc) is 2.20. The maximum absolute atomic E-state index is 12.5. The molecule has 0 amide bonds. The third kappa shape index (κ3) is 2.79. The third-order valence-corrected chi connectivity index (χ3v) is 1.77. The summed E-state index contributed by atoms with van der Waals surface area (Å²) < 4.78 is 12.5. The van der Waals surface area contributed by atoms with E-state index in [1.165, 1.54) is 18.3 Å². The highest BCUT2D eigenvalue weighted by molar-refractivity contribution is 5.03. The minimum Gasteiger partial charge on any atom is -0.344 e. The Balaban J connectivity index is 2.88. The van der Waals surface area contributed by atoms with Gasteiger partial charge in [-0.15, -0.1) is 0 Å². The predicted octanol–water partition coefficient (Wildman–Crippen LogP) is 0.420. The Bertz CT molecular complexity index is 362. The number of nitrogens with zero attached hydrogens (tertiary/aromatic N) is 1. The number of aromatic nitrogens is 1. The van der Waals surface area contributed by atoms with Crippen molar-refractivity contribution in [3.63, 3.8) is 0 Å². The third-order valence-electron chi connectivity index (χ3n) is 1.77. The standard InChI is InChI=1S/C9H13FN4/c1-6(7(2)14-11)13-9-4-3-8(10)5-12-9/h3-5,7,14H,1,11H2,2H3,(H,12,13). The molecule has 0 aliphatic rings. The highest BCUT2D eigenvalue weighted by atomic mass is 19.1. The molecule has 1 rings (SSSR count). The van der Waals surface area contributed by atoms with Crippen molar-refractivity contribution < 1.29 is 4.39 Å². The van der Waals surface area contributed by atoms with Crippen LogP contribution < -0.4 is 16.8 Å². The Morgan fingerprint density at radius 2 is 2.43 bits per heavy atom. The lowest BCUT2D eigenvalue weighted by molar-refractivity contribution is 0.616. The van der Waals surface area contributed by atoms with Gasteiger partial charge in [0, 0.05) is 6.20 Å². The zero-order valence-corrected chi connectivity index (χ0v) is 7.92. The van der Waals surface area contributed by atoms with Crippen LogP contribution in [0.15, 0.2) is 35.6 Å². The minimum atomic E-state index is -0.334. The Hall–Kier alpha value is -1.46. The molecule has 0 aliphatic carbocycles. The summed E-state index contributed by atoms with van der Waals surface area (Å²) in [6.45, 7) is 5.55. The molecule has 0 aromatic carbocycles. The Labute approximate surface area is 81.3 Å². The molecule has 5 heteroatoms. The monoisotopic (exact) mass is 196 g/mol. The quantitative estimate of drug-likeness (QED) is 0.484. The molecule has 0 bridgehead atoms. The molecule has 1 unspecified atom stereocenters. The second-order valence-electron chi connectivity index (χ2n) is 2.88. The number of aromatic amines is 1. The van der Waals surface area contributed by atoms with Gasteiger partial charge in [0.15, 0.2) is 0 Å². The van der Waals surface area contributed by atoms with Gasteiger partial charge in [-0.25, -0.2) is 9.38 Å². The predicted molar refractivity (Wildman–Crippen MR) is 52.2 cm³/mol. The lowest BCUT2D eigenvalue weighted by atomic mass is 10.3. The van der Waals surface area contributed by atoms with Gasteiger partial charge < -0.3 is 4.98 Å². The SMILES string of the molecule is C=C(/N=c1/ccc(F)c[nH]1)C(C)NN. The molecule has 4 nitrogen and oxygen atoms in total. The van der Waals surface area contributed by atoms with Gasteiger partial charge in [0.2, 0.25) is 0 Å². The van der Waals surface area contributed by atoms with Crippen molar-refractivity contribution in [2.24, 2.45) is 10.8 Å². The Morgan fingerprint density at radius 1 is 1.71 bits per heavy atom. The normalized spacial score (nSPS) is 14.1. The van der Waals surface area contributed by atoms with Crippen LogP contribution in [0, 0.1) is 5.82 Å². The number of pyridine rings is 1. The van der Waals surface area contributed by atoms with Crippen molar-refractivity contribution in [3.8, 4) is 0 Å². The first-order valence-electron chi connectivity index (χ1n) is 4.17. The van der Waals surface area contributed by atoms with Crippen LogP contribution in [0.3, 0.4) is 0 Å². The van der Waals surface area contributed by atoms with Crippen molar-refractivity contribution in [2.45, 2.75) is 13.0 Å². The summed E-state index contributed by atoms with van der Waals surface area (Å²) in [6.07, 6.45) is 1.23.